The zero-order valence-electron chi connectivity index (χ0n) is 10.2. The second-order valence-electron chi connectivity index (χ2n) is 4.02. The molecule has 1 rings (SSSR count). The van der Waals surface area contributed by atoms with E-state index in [1.807, 2.05) is 19.2 Å². The second kappa shape index (κ2) is 5.86. The van der Waals surface area contributed by atoms with Gasteiger partial charge in [0.25, 0.3) is 0 Å². The van der Waals surface area contributed by atoms with Crippen LogP contribution in [-0.2, 0) is 4.79 Å². The maximum atomic E-state index is 11.1. The topological polar surface area (TPSA) is 75.1 Å². The number of thioether (sulfide) groups is 1. The average molecular weight is 255 g/mol. The van der Waals surface area contributed by atoms with Gasteiger partial charge in [-0.2, -0.15) is 0 Å². The first-order valence-electron chi connectivity index (χ1n) is 5.35. The first kappa shape index (κ1) is 13.8. The molecule has 0 aliphatic rings. The van der Waals surface area contributed by atoms with Crippen LogP contribution in [0.25, 0.3) is 0 Å². The van der Waals surface area contributed by atoms with E-state index in [0.29, 0.717) is 18.8 Å². The lowest BCUT2D eigenvalue weighted by molar-refractivity contribution is -0.147. The standard InChI is InChI=1S/C11H17N3O2S/c1-4-11(2,10(15)16)6-12-8-5-9(17-3)14-7-13-8/h5,7H,4,6H2,1-3H3,(H,15,16)(H,12,13,14). The molecule has 0 saturated carbocycles. The molecule has 0 aliphatic carbocycles. The summed E-state index contributed by atoms with van der Waals surface area (Å²) in [6, 6.07) is 1.81. The van der Waals surface area contributed by atoms with Crippen LogP contribution in [0.4, 0.5) is 5.82 Å². The summed E-state index contributed by atoms with van der Waals surface area (Å²) < 4.78 is 0. The van der Waals surface area contributed by atoms with Gasteiger partial charge in [0, 0.05) is 12.6 Å². The summed E-state index contributed by atoms with van der Waals surface area (Å²) in [6.07, 6.45) is 3.97. The molecule has 6 heteroatoms. The molecule has 94 valence electrons. The molecule has 0 spiro atoms. The first-order chi connectivity index (χ1) is 8.01. The first-order valence-corrected chi connectivity index (χ1v) is 6.57. The van der Waals surface area contributed by atoms with Gasteiger partial charge in [0.15, 0.2) is 0 Å². The van der Waals surface area contributed by atoms with Gasteiger partial charge < -0.3 is 10.4 Å². The van der Waals surface area contributed by atoms with Crippen LogP contribution in [0.3, 0.4) is 0 Å². The van der Waals surface area contributed by atoms with Gasteiger partial charge in [-0.1, -0.05) is 6.92 Å². The van der Waals surface area contributed by atoms with Crippen molar-refractivity contribution in [3.05, 3.63) is 12.4 Å². The van der Waals surface area contributed by atoms with Crippen LogP contribution in [0.2, 0.25) is 0 Å². The van der Waals surface area contributed by atoms with E-state index < -0.39 is 11.4 Å². The van der Waals surface area contributed by atoms with Crippen molar-refractivity contribution in [2.75, 3.05) is 18.1 Å². The van der Waals surface area contributed by atoms with Gasteiger partial charge in [0.05, 0.1) is 5.41 Å². The minimum Gasteiger partial charge on any atom is -0.481 e. The summed E-state index contributed by atoms with van der Waals surface area (Å²) in [5, 5.41) is 13.0. The van der Waals surface area contributed by atoms with Crippen LogP contribution < -0.4 is 5.32 Å². The fourth-order valence-electron chi connectivity index (χ4n) is 1.19. The van der Waals surface area contributed by atoms with Crippen molar-refractivity contribution < 1.29 is 9.90 Å². The average Bonchev–Trinajstić information content (AvgIpc) is 2.36. The monoisotopic (exact) mass is 255 g/mol. The normalized spacial score (nSPS) is 14.1. The van der Waals surface area contributed by atoms with Gasteiger partial charge in [0.2, 0.25) is 0 Å². The highest BCUT2D eigenvalue weighted by atomic mass is 32.2. The number of hydrogen-bond acceptors (Lipinski definition) is 5. The Bertz CT molecular complexity index is 400. The minimum atomic E-state index is -0.799. The van der Waals surface area contributed by atoms with Gasteiger partial charge in [-0.25, -0.2) is 9.97 Å². The lowest BCUT2D eigenvalue weighted by Gasteiger charge is -2.23. The van der Waals surface area contributed by atoms with E-state index in [2.05, 4.69) is 15.3 Å². The molecule has 0 aliphatic heterocycles. The Hall–Kier alpha value is -1.30. The molecule has 0 radical (unpaired) electrons. The maximum Gasteiger partial charge on any atom is 0.311 e. The van der Waals surface area contributed by atoms with Gasteiger partial charge in [-0.15, -0.1) is 11.8 Å². The summed E-state index contributed by atoms with van der Waals surface area (Å²) in [4.78, 5) is 19.2. The van der Waals surface area contributed by atoms with Crippen LogP contribution in [0.5, 0.6) is 0 Å². The molecule has 0 aromatic carbocycles. The molecule has 0 saturated heterocycles. The van der Waals surface area contributed by atoms with Crippen LogP contribution in [-0.4, -0.2) is 33.8 Å². The number of carbonyl (C=O) groups is 1. The Morgan fingerprint density at radius 3 is 2.82 bits per heavy atom. The van der Waals surface area contributed by atoms with Gasteiger partial charge in [-0.05, 0) is 19.6 Å². The van der Waals surface area contributed by atoms with E-state index in [9.17, 15) is 4.79 Å². The van der Waals surface area contributed by atoms with Gasteiger partial charge in [0.1, 0.15) is 17.2 Å². The summed E-state index contributed by atoms with van der Waals surface area (Å²) in [7, 11) is 0. The minimum absolute atomic E-state index is 0.351. The van der Waals surface area contributed by atoms with Crippen molar-refractivity contribution >= 4 is 23.5 Å². The summed E-state index contributed by atoms with van der Waals surface area (Å²) in [5.74, 6) is -0.142. The largest absolute Gasteiger partial charge is 0.481 e. The third-order valence-electron chi connectivity index (χ3n) is 2.81. The Morgan fingerprint density at radius 2 is 2.29 bits per heavy atom. The summed E-state index contributed by atoms with van der Waals surface area (Å²) in [5.41, 5.74) is -0.773. The van der Waals surface area contributed by atoms with Gasteiger partial charge >= 0.3 is 5.97 Å². The Kier molecular flexibility index (Phi) is 4.74. The van der Waals surface area contributed by atoms with E-state index in [1.165, 1.54) is 18.1 Å². The molecule has 0 fully saturated rings. The Labute approximate surface area is 105 Å². The molecule has 17 heavy (non-hydrogen) atoms. The molecule has 1 heterocycles. The molecule has 2 N–H and O–H groups in total. The molecule has 1 unspecified atom stereocenters. The van der Waals surface area contributed by atoms with Crippen LogP contribution in [0, 0.1) is 5.41 Å². The van der Waals surface area contributed by atoms with E-state index in [-0.39, 0.29) is 0 Å². The summed E-state index contributed by atoms with van der Waals surface area (Å²) in [6.45, 7) is 3.94. The van der Waals surface area contributed by atoms with Crippen molar-refractivity contribution in [3.63, 3.8) is 0 Å². The van der Waals surface area contributed by atoms with Crippen molar-refractivity contribution in [3.8, 4) is 0 Å². The third kappa shape index (κ3) is 3.59. The fourth-order valence-corrected chi connectivity index (χ4v) is 1.57. The number of carboxylic acid groups (broad SMARTS) is 1. The highest BCUT2D eigenvalue weighted by molar-refractivity contribution is 7.98. The number of nitrogens with one attached hydrogen (secondary N) is 1. The number of aliphatic carboxylic acids is 1. The van der Waals surface area contributed by atoms with Crippen molar-refractivity contribution in [2.45, 2.75) is 25.3 Å². The smallest absolute Gasteiger partial charge is 0.311 e. The summed E-state index contributed by atoms with van der Waals surface area (Å²) >= 11 is 1.52. The van der Waals surface area contributed by atoms with Crippen LogP contribution in [0.1, 0.15) is 20.3 Å². The second-order valence-corrected chi connectivity index (χ2v) is 4.85. The molecule has 1 atom stereocenters. The van der Waals surface area contributed by atoms with Crippen LogP contribution >= 0.6 is 11.8 Å². The predicted molar refractivity (Wildman–Crippen MR) is 68.3 cm³/mol. The SMILES string of the molecule is CCC(C)(CNc1cc(SC)ncn1)C(=O)O. The quantitative estimate of drug-likeness (QED) is 0.599. The maximum absolute atomic E-state index is 11.1. The molecular formula is C11H17N3O2S. The molecule has 0 amide bonds. The van der Waals surface area contributed by atoms with Gasteiger partial charge in [-0.3, -0.25) is 4.79 Å². The van der Waals surface area contributed by atoms with Crippen molar-refractivity contribution in [2.24, 2.45) is 5.41 Å². The van der Waals surface area contributed by atoms with E-state index in [4.69, 9.17) is 5.11 Å². The molecule has 0 bridgehead atoms. The van der Waals surface area contributed by atoms with E-state index in [1.54, 1.807) is 6.92 Å². The lowest BCUT2D eigenvalue weighted by Crippen LogP contribution is -2.34. The third-order valence-corrected chi connectivity index (χ3v) is 3.45. The van der Waals surface area contributed by atoms with Crippen molar-refractivity contribution in [1.29, 1.82) is 0 Å². The number of anilines is 1. The Balaban J connectivity index is 2.69. The Morgan fingerprint density at radius 1 is 1.59 bits per heavy atom. The lowest BCUT2D eigenvalue weighted by atomic mass is 9.88. The molecule has 1 aromatic rings. The highest BCUT2D eigenvalue weighted by Gasteiger charge is 2.30. The molecule has 5 nitrogen and oxygen atoms in total. The zero-order chi connectivity index (χ0) is 12.9. The number of aromatic nitrogens is 2. The van der Waals surface area contributed by atoms with E-state index in [0.717, 1.165) is 5.03 Å². The number of nitrogens with zero attached hydrogens (tertiary/aromatic N) is 2. The number of hydrogen-bond donors (Lipinski definition) is 2. The van der Waals surface area contributed by atoms with Crippen molar-refractivity contribution in [1.82, 2.24) is 9.97 Å². The number of rotatable bonds is 6. The fraction of sp³-hybridized carbons (Fsp3) is 0.545. The van der Waals surface area contributed by atoms with E-state index >= 15 is 0 Å². The predicted octanol–water partition coefficient (Wildman–Crippen LogP) is 2.11. The zero-order valence-corrected chi connectivity index (χ0v) is 11.0. The molecular weight excluding hydrogens is 238 g/mol. The molecule has 1 aromatic heterocycles. The van der Waals surface area contributed by atoms with Crippen LogP contribution in [0.15, 0.2) is 17.4 Å². The highest BCUT2D eigenvalue weighted by Crippen LogP contribution is 2.22. The number of carboxylic acids is 1.